The van der Waals surface area contributed by atoms with Crippen LogP contribution in [-0.2, 0) is 19.5 Å². The normalized spacial score (nSPS) is 16.5. The third-order valence-corrected chi connectivity index (χ3v) is 4.92. The molecule has 0 fully saturated rings. The van der Waals surface area contributed by atoms with Crippen LogP contribution in [0.25, 0.3) is 11.0 Å². The fourth-order valence-corrected chi connectivity index (χ4v) is 3.69. The molecule has 25 heavy (non-hydrogen) atoms. The fraction of sp³-hybridized carbons (Fsp3) is 0.286. The number of hydrogen-bond acceptors (Lipinski definition) is 3. The molecule has 128 valence electrons. The SMILES string of the molecule is CCc1cc(=O)oc2c(C)c3c(cc12)C[NH+](Cc1ccccc1)CO3. The third kappa shape index (κ3) is 2.94. The number of rotatable bonds is 3. The minimum Gasteiger partial charge on any atom is -0.444 e. The molecule has 0 saturated heterocycles. The highest BCUT2D eigenvalue weighted by molar-refractivity contribution is 5.86. The van der Waals surface area contributed by atoms with Gasteiger partial charge in [0.05, 0.1) is 0 Å². The summed E-state index contributed by atoms with van der Waals surface area (Å²) in [5.41, 5.74) is 4.83. The lowest BCUT2D eigenvalue weighted by Gasteiger charge is -2.27. The highest BCUT2D eigenvalue weighted by Gasteiger charge is 2.25. The molecule has 0 bridgehead atoms. The van der Waals surface area contributed by atoms with E-state index < -0.39 is 0 Å². The van der Waals surface area contributed by atoms with Crippen LogP contribution in [-0.4, -0.2) is 6.73 Å². The quantitative estimate of drug-likeness (QED) is 0.748. The van der Waals surface area contributed by atoms with Crippen molar-refractivity contribution in [1.82, 2.24) is 0 Å². The maximum Gasteiger partial charge on any atom is 0.336 e. The molecule has 1 aromatic heterocycles. The van der Waals surface area contributed by atoms with E-state index in [2.05, 4.69) is 37.3 Å². The van der Waals surface area contributed by atoms with Crippen LogP contribution in [0.1, 0.15) is 29.2 Å². The predicted octanol–water partition coefficient (Wildman–Crippen LogP) is 2.60. The molecular weight excluding hydrogens is 314 g/mol. The zero-order valence-electron chi connectivity index (χ0n) is 14.6. The van der Waals surface area contributed by atoms with Crippen LogP contribution in [0.2, 0.25) is 0 Å². The average molecular weight is 336 g/mol. The van der Waals surface area contributed by atoms with Crippen LogP contribution < -0.4 is 15.3 Å². The smallest absolute Gasteiger partial charge is 0.336 e. The summed E-state index contributed by atoms with van der Waals surface area (Å²) < 4.78 is 11.5. The standard InChI is InChI=1S/C21H21NO3/c1-3-16-10-19(23)25-21-14(2)20-17(9-18(16)21)12-22(13-24-20)11-15-7-5-4-6-8-15/h4-10H,3,11-13H2,1-2H3/p+1. The van der Waals surface area contributed by atoms with Crippen LogP contribution in [0, 0.1) is 6.92 Å². The Kier molecular flexibility index (Phi) is 4.06. The number of quaternary nitrogens is 1. The van der Waals surface area contributed by atoms with Crippen molar-refractivity contribution >= 4 is 11.0 Å². The topological polar surface area (TPSA) is 43.9 Å². The molecule has 1 aliphatic heterocycles. The van der Waals surface area contributed by atoms with Crippen molar-refractivity contribution < 1.29 is 14.1 Å². The molecule has 0 spiro atoms. The second-order valence-electron chi connectivity index (χ2n) is 6.69. The molecule has 4 rings (SSSR count). The Hall–Kier alpha value is -2.59. The second kappa shape index (κ2) is 6.37. The van der Waals surface area contributed by atoms with Gasteiger partial charge in [-0.25, -0.2) is 4.79 Å². The summed E-state index contributed by atoms with van der Waals surface area (Å²) in [4.78, 5) is 13.2. The fourth-order valence-electron chi connectivity index (χ4n) is 3.69. The molecular formula is C21H22NO3+. The van der Waals surface area contributed by atoms with E-state index in [0.29, 0.717) is 12.3 Å². The Bertz CT molecular complexity index is 976. The zero-order valence-corrected chi connectivity index (χ0v) is 14.6. The van der Waals surface area contributed by atoms with Crippen molar-refractivity contribution in [3.05, 3.63) is 75.1 Å². The monoisotopic (exact) mass is 336 g/mol. The largest absolute Gasteiger partial charge is 0.444 e. The summed E-state index contributed by atoms with van der Waals surface area (Å²) >= 11 is 0. The van der Waals surface area contributed by atoms with Crippen molar-refractivity contribution in [2.45, 2.75) is 33.4 Å². The first-order valence-corrected chi connectivity index (χ1v) is 8.75. The maximum atomic E-state index is 11.8. The van der Waals surface area contributed by atoms with Gasteiger partial charge in [-0.05, 0) is 25.0 Å². The van der Waals surface area contributed by atoms with E-state index in [4.69, 9.17) is 9.15 Å². The summed E-state index contributed by atoms with van der Waals surface area (Å²) in [6, 6.07) is 14.2. The predicted molar refractivity (Wildman–Crippen MR) is 96.9 cm³/mol. The van der Waals surface area contributed by atoms with Crippen LogP contribution in [0.3, 0.4) is 0 Å². The van der Waals surface area contributed by atoms with Crippen LogP contribution in [0.4, 0.5) is 0 Å². The molecule has 1 unspecified atom stereocenters. The first kappa shape index (κ1) is 15.9. The molecule has 4 nitrogen and oxygen atoms in total. The summed E-state index contributed by atoms with van der Waals surface area (Å²) in [5.74, 6) is 0.876. The molecule has 1 aliphatic rings. The van der Waals surface area contributed by atoms with Gasteiger partial charge in [0, 0.05) is 28.1 Å². The van der Waals surface area contributed by atoms with Gasteiger partial charge in [-0.3, -0.25) is 4.90 Å². The number of nitrogens with one attached hydrogen (secondary N) is 1. The Balaban J connectivity index is 1.73. The van der Waals surface area contributed by atoms with E-state index in [9.17, 15) is 4.79 Å². The van der Waals surface area contributed by atoms with E-state index in [1.807, 2.05) is 13.0 Å². The van der Waals surface area contributed by atoms with Gasteiger partial charge >= 0.3 is 5.63 Å². The van der Waals surface area contributed by atoms with Gasteiger partial charge in [-0.1, -0.05) is 37.3 Å². The van der Waals surface area contributed by atoms with Crippen molar-refractivity contribution in [3.63, 3.8) is 0 Å². The lowest BCUT2D eigenvalue weighted by Crippen LogP contribution is -3.10. The lowest BCUT2D eigenvalue weighted by atomic mass is 9.99. The van der Waals surface area contributed by atoms with Crippen molar-refractivity contribution in [2.75, 3.05) is 6.73 Å². The van der Waals surface area contributed by atoms with E-state index in [0.717, 1.165) is 41.8 Å². The molecule has 2 heterocycles. The average Bonchev–Trinajstić information content (AvgIpc) is 2.63. The van der Waals surface area contributed by atoms with Gasteiger partial charge in [0.2, 0.25) is 6.73 Å². The molecule has 3 aromatic rings. The third-order valence-electron chi connectivity index (χ3n) is 4.92. The van der Waals surface area contributed by atoms with Gasteiger partial charge in [0.1, 0.15) is 24.4 Å². The van der Waals surface area contributed by atoms with E-state index >= 15 is 0 Å². The van der Waals surface area contributed by atoms with Crippen molar-refractivity contribution in [2.24, 2.45) is 0 Å². The van der Waals surface area contributed by atoms with Gasteiger partial charge < -0.3 is 9.15 Å². The Morgan fingerprint density at radius 2 is 1.96 bits per heavy atom. The molecule has 0 radical (unpaired) electrons. The molecule has 0 saturated carbocycles. The molecule has 1 N–H and O–H groups in total. The summed E-state index contributed by atoms with van der Waals surface area (Å²) in [6.07, 6.45) is 0.807. The Labute approximate surface area is 146 Å². The van der Waals surface area contributed by atoms with E-state index in [-0.39, 0.29) is 5.63 Å². The first-order chi connectivity index (χ1) is 12.2. The van der Waals surface area contributed by atoms with Crippen LogP contribution in [0.5, 0.6) is 5.75 Å². The van der Waals surface area contributed by atoms with Crippen molar-refractivity contribution in [1.29, 1.82) is 0 Å². The van der Waals surface area contributed by atoms with Gasteiger partial charge in [-0.2, -0.15) is 0 Å². The maximum absolute atomic E-state index is 11.8. The number of ether oxygens (including phenoxy) is 1. The van der Waals surface area contributed by atoms with Crippen LogP contribution in [0.15, 0.2) is 51.7 Å². The van der Waals surface area contributed by atoms with Crippen LogP contribution >= 0.6 is 0 Å². The summed E-state index contributed by atoms with van der Waals surface area (Å²) in [7, 11) is 0. The number of fused-ring (bicyclic) bond motifs is 2. The minimum atomic E-state index is -0.292. The molecule has 0 amide bonds. The molecule has 4 heteroatoms. The molecule has 0 aliphatic carbocycles. The first-order valence-electron chi connectivity index (χ1n) is 8.75. The number of hydrogen-bond donors (Lipinski definition) is 1. The number of aryl methyl sites for hydroxylation is 2. The molecule has 1 atom stereocenters. The van der Waals surface area contributed by atoms with Crippen molar-refractivity contribution in [3.8, 4) is 5.75 Å². The Morgan fingerprint density at radius 3 is 2.72 bits per heavy atom. The van der Waals surface area contributed by atoms with E-state index in [1.165, 1.54) is 16.0 Å². The zero-order chi connectivity index (χ0) is 17.4. The lowest BCUT2D eigenvalue weighted by molar-refractivity contribution is -0.945. The summed E-state index contributed by atoms with van der Waals surface area (Å²) in [6.45, 7) is 6.50. The number of benzene rings is 2. The Morgan fingerprint density at radius 1 is 1.16 bits per heavy atom. The molecule has 2 aromatic carbocycles. The minimum absolute atomic E-state index is 0.292. The highest BCUT2D eigenvalue weighted by Crippen LogP contribution is 2.33. The highest BCUT2D eigenvalue weighted by atomic mass is 16.5. The van der Waals surface area contributed by atoms with Gasteiger partial charge in [-0.15, -0.1) is 0 Å². The van der Waals surface area contributed by atoms with Gasteiger partial charge in [0.15, 0.2) is 0 Å². The second-order valence-corrected chi connectivity index (χ2v) is 6.69. The van der Waals surface area contributed by atoms with Gasteiger partial charge in [0.25, 0.3) is 0 Å². The van der Waals surface area contributed by atoms with E-state index in [1.54, 1.807) is 6.07 Å². The summed E-state index contributed by atoms with van der Waals surface area (Å²) in [5, 5.41) is 1.03.